The van der Waals surface area contributed by atoms with Gasteiger partial charge in [0.1, 0.15) is 5.52 Å². The second-order valence-corrected chi connectivity index (χ2v) is 2.88. The van der Waals surface area contributed by atoms with Crippen LogP contribution in [0.1, 0.15) is 16.2 Å². The van der Waals surface area contributed by atoms with Crippen molar-refractivity contribution in [3.63, 3.8) is 0 Å². The van der Waals surface area contributed by atoms with E-state index < -0.39 is 5.97 Å². The second kappa shape index (κ2) is 3.10. The summed E-state index contributed by atoms with van der Waals surface area (Å²) in [5, 5.41) is 0. The molecule has 5 heteroatoms. The van der Waals surface area contributed by atoms with Gasteiger partial charge in [0.2, 0.25) is 0 Å². The zero-order valence-electron chi connectivity index (χ0n) is 7.87. The number of rotatable bonds is 1. The summed E-state index contributed by atoms with van der Waals surface area (Å²) in [4.78, 5) is 22.3. The Hall–Kier alpha value is -1.91. The quantitative estimate of drug-likeness (QED) is 0.684. The standard InChI is InChI=1S/C9H9N3O2/c1-5-8-6(10-4-11-8)3-7(12-5)9(13)14-2/h3-4H,1-2H3,(H,10,11). The number of nitrogens with one attached hydrogen (secondary N) is 1. The maximum absolute atomic E-state index is 11.2. The Morgan fingerprint density at radius 1 is 1.57 bits per heavy atom. The Bertz CT molecular complexity index is 490. The largest absolute Gasteiger partial charge is 0.464 e. The first kappa shape index (κ1) is 8.68. The topological polar surface area (TPSA) is 67.9 Å². The van der Waals surface area contributed by atoms with Crippen molar-refractivity contribution < 1.29 is 9.53 Å². The van der Waals surface area contributed by atoms with E-state index in [0.29, 0.717) is 11.4 Å². The average molecular weight is 191 g/mol. The van der Waals surface area contributed by atoms with Gasteiger partial charge in [-0.15, -0.1) is 0 Å². The van der Waals surface area contributed by atoms with Crippen LogP contribution in [-0.4, -0.2) is 28.0 Å². The summed E-state index contributed by atoms with van der Waals surface area (Å²) in [5.41, 5.74) is 2.57. The van der Waals surface area contributed by atoms with Crippen molar-refractivity contribution in [1.82, 2.24) is 15.0 Å². The van der Waals surface area contributed by atoms with Gasteiger partial charge in [0.25, 0.3) is 0 Å². The highest BCUT2D eigenvalue weighted by Crippen LogP contribution is 2.13. The number of ether oxygens (including phenoxy) is 1. The lowest BCUT2D eigenvalue weighted by atomic mass is 10.2. The third-order valence-corrected chi connectivity index (χ3v) is 1.98. The number of fused-ring (bicyclic) bond motifs is 1. The number of hydrogen-bond donors (Lipinski definition) is 1. The SMILES string of the molecule is COC(=O)c1cc2[nH]cnc2c(C)n1. The lowest BCUT2D eigenvalue weighted by Gasteiger charge is -2.00. The molecule has 0 atom stereocenters. The van der Waals surface area contributed by atoms with Crippen molar-refractivity contribution >= 4 is 17.0 Å². The van der Waals surface area contributed by atoms with Gasteiger partial charge in [-0.05, 0) is 13.0 Å². The molecule has 0 aliphatic rings. The first-order chi connectivity index (χ1) is 6.72. The number of aryl methyl sites for hydroxylation is 1. The van der Waals surface area contributed by atoms with Crippen LogP contribution < -0.4 is 0 Å². The number of H-pyrrole nitrogens is 1. The van der Waals surface area contributed by atoms with Gasteiger partial charge in [-0.2, -0.15) is 0 Å². The molecule has 0 radical (unpaired) electrons. The highest BCUT2D eigenvalue weighted by Gasteiger charge is 2.11. The van der Waals surface area contributed by atoms with E-state index in [1.807, 2.05) is 0 Å². The summed E-state index contributed by atoms with van der Waals surface area (Å²) in [6.07, 6.45) is 1.57. The molecule has 0 amide bonds. The summed E-state index contributed by atoms with van der Waals surface area (Å²) in [7, 11) is 1.33. The summed E-state index contributed by atoms with van der Waals surface area (Å²) in [6, 6.07) is 1.63. The summed E-state index contributed by atoms with van der Waals surface area (Å²) in [5.74, 6) is -0.440. The average Bonchev–Trinajstić information content (AvgIpc) is 2.64. The van der Waals surface area contributed by atoms with Crippen molar-refractivity contribution in [2.45, 2.75) is 6.92 Å². The number of esters is 1. The predicted octanol–water partition coefficient (Wildman–Crippen LogP) is 1.05. The predicted molar refractivity (Wildman–Crippen MR) is 50.0 cm³/mol. The molecule has 0 aliphatic heterocycles. The lowest BCUT2D eigenvalue weighted by Crippen LogP contribution is -2.05. The van der Waals surface area contributed by atoms with E-state index in [2.05, 4.69) is 19.7 Å². The minimum absolute atomic E-state index is 0.293. The smallest absolute Gasteiger partial charge is 0.356 e. The number of carbonyl (C=O) groups excluding carboxylic acids is 1. The lowest BCUT2D eigenvalue weighted by molar-refractivity contribution is 0.0594. The molecule has 0 fully saturated rings. The molecule has 0 saturated carbocycles. The molecule has 0 spiro atoms. The van der Waals surface area contributed by atoms with Crippen LogP contribution in [0, 0.1) is 6.92 Å². The minimum Gasteiger partial charge on any atom is -0.464 e. The van der Waals surface area contributed by atoms with E-state index >= 15 is 0 Å². The summed E-state index contributed by atoms with van der Waals surface area (Å²) >= 11 is 0. The first-order valence-electron chi connectivity index (χ1n) is 4.11. The Labute approximate surface area is 80.1 Å². The molecule has 0 aromatic carbocycles. The fourth-order valence-corrected chi connectivity index (χ4v) is 1.31. The van der Waals surface area contributed by atoms with E-state index in [1.54, 1.807) is 19.3 Å². The van der Waals surface area contributed by atoms with E-state index in [1.165, 1.54) is 7.11 Å². The van der Waals surface area contributed by atoms with Crippen molar-refractivity contribution in [3.8, 4) is 0 Å². The molecule has 2 aromatic rings. The number of imidazole rings is 1. The van der Waals surface area contributed by atoms with Crippen molar-refractivity contribution in [3.05, 3.63) is 23.8 Å². The number of methoxy groups -OCH3 is 1. The fraction of sp³-hybridized carbons (Fsp3) is 0.222. The van der Waals surface area contributed by atoms with Gasteiger partial charge >= 0.3 is 5.97 Å². The third kappa shape index (κ3) is 1.22. The van der Waals surface area contributed by atoms with E-state index in [-0.39, 0.29) is 0 Å². The highest BCUT2D eigenvalue weighted by atomic mass is 16.5. The number of nitrogens with zero attached hydrogens (tertiary/aromatic N) is 2. The molecule has 2 heterocycles. The van der Waals surface area contributed by atoms with Crippen LogP contribution in [0.15, 0.2) is 12.4 Å². The molecule has 0 unspecified atom stereocenters. The number of aromatic nitrogens is 3. The molecule has 72 valence electrons. The van der Waals surface area contributed by atoms with Crippen LogP contribution >= 0.6 is 0 Å². The molecular formula is C9H9N3O2. The van der Waals surface area contributed by atoms with Gasteiger partial charge in [-0.1, -0.05) is 0 Å². The van der Waals surface area contributed by atoms with Crippen LogP contribution in [0.2, 0.25) is 0 Å². The first-order valence-corrected chi connectivity index (χ1v) is 4.11. The van der Waals surface area contributed by atoms with Crippen LogP contribution in [0.25, 0.3) is 11.0 Å². The van der Waals surface area contributed by atoms with Crippen LogP contribution in [0.4, 0.5) is 0 Å². The number of carbonyl (C=O) groups is 1. The maximum Gasteiger partial charge on any atom is 0.356 e. The number of aromatic amines is 1. The van der Waals surface area contributed by atoms with E-state index in [4.69, 9.17) is 0 Å². The van der Waals surface area contributed by atoms with Crippen molar-refractivity contribution in [2.75, 3.05) is 7.11 Å². The Morgan fingerprint density at radius 2 is 2.36 bits per heavy atom. The number of hydrogen-bond acceptors (Lipinski definition) is 4. The van der Waals surface area contributed by atoms with Crippen LogP contribution in [-0.2, 0) is 4.74 Å². The van der Waals surface area contributed by atoms with Gasteiger partial charge < -0.3 is 9.72 Å². The Balaban J connectivity index is 2.64. The molecule has 0 saturated heterocycles. The van der Waals surface area contributed by atoms with Gasteiger partial charge in [-0.3, -0.25) is 0 Å². The molecule has 0 bridgehead atoms. The van der Waals surface area contributed by atoms with Gasteiger partial charge in [0.05, 0.1) is 24.6 Å². The zero-order valence-corrected chi connectivity index (χ0v) is 7.87. The minimum atomic E-state index is -0.440. The molecule has 2 aromatic heterocycles. The van der Waals surface area contributed by atoms with Gasteiger partial charge in [0.15, 0.2) is 5.69 Å². The van der Waals surface area contributed by atoms with Crippen LogP contribution in [0.3, 0.4) is 0 Å². The Kier molecular flexibility index (Phi) is 1.92. The molecular weight excluding hydrogens is 182 g/mol. The monoisotopic (exact) mass is 191 g/mol. The van der Waals surface area contributed by atoms with Crippen molar-refractivity contribution in [2.24, 2.45) is 0 Å². The van der Waals surface area contributed by atoms with Crippen LogP contribution in [0.5, 0.6) is 0 Å². The highest BCUT2D eigenvalue weighted by molar-refractivity contribution is 5.91. The zero-order chi connectivity index (χ0) is 10.1. The molecule has 5 nitrogen and oxygen atoms in total. The van der Waals surface area contributed by atoms with E-state index in [9.17, 15) is 4.79 Å². The third-order valence-electron chi connectivity index (χ3n) is 1.98. The summed E-state index contributed by atoms with van der Waals surface area (Å²) in [6.45, 7) is 1.80. The van der Waals surface area contributed by atoms with Gasteiger partial charge in [0, 0.05) is 0 Å². The second-order valence-electron chi connectivity index (χ2n) is 2.88. The van der Waals surface area contributed by atoms with Gasteiger partial charge in [-0.25, -0.2) is 14.8 Å². The molecule has 2 rings (SSSR count). The van der Waals surface area contributed by atoms with Crippen molar-refractivity contribution in [1.29, 1.82) is 0 Å². The molecule has 1 N–H and O–H groups in total. The summed E-state index contributed by atoms with van der Waals surface area (Å²) < 4.78 is 4.58. The number of pyridine rings is 1. The fourth-order valence-electron chi connectivity index (χ4n) is 1.31. The normalized spacial score (nSPS) is 10.4. The molecule has 14 heavy (non-hydrogen) atoms. The van der Waals surface area contributed by atoms with E-state index in [0.717, 1.165) is 11.0 Å². The Morgan fingerprint density at radius 3 is 3.07 bits per heavy atom. The molecule has 0 aliphatic carbocycles. The maximum atomic E-state index is 11.2.